The minimum atomic E-state index is -0.517. The van der Waals surface area contributed by atoms with E-state index in [9.17, 15) is 14.0 Å². The largest absolute Gasteiger partial charge is 0.369 e. The van der Waals surface area contributed by atoms with Crippen molar-refractivity contribution in [2.45, 2.75) is 39.3 Å². The van der Waals surface area contributed by atoms with E-state index in [4.69, 9.17) is 4.74 Å². The average Bonchev–Trinajstić information content (AvgIpc) is 2.62. The highest BCUT2D eigenvalue weighted by Gasteiger charge is 2.39. The third-order valence-corrected chi connectivity index (χ3v) is 4.97. The number of halogens is 1. The molecule has 0 bridgehead atoms. The summed E-state index contributed by atoms with van der Waals surface area (Å²) in [6, 6.07) is 11.5. The Morgan fingerprint density at radius 2 is 1.96 bits per heavy atom. The van der Waals surface area contributed by atoms with Crippen LogP contribution in [0.5, 0.6) is 0 Å². The number of benzene rings is 2. The van der Waals surface area contributed by atoms with Gasteiger partial charge in [0.1, 0.15) is 11.9 Å². The van der Waals surface area contributed by atoms with Crippen molar-refractivity contribution >= 4 is 17.5 Å². The highest BCUT2D eigenvalue weighted by atomic mass is 19.1. The number of carbonyl (C=O) groups excluding carboxylic acids is 2. The number of anilines is 1. The second-order valence-corrected chi connectivity index (χ2v) is 7.79. The molecule has 1 fully saturated rings. The standard InChI is InChI=1S/C22H25FN2O3/c1-14-8-9-18(24-15(2)26)11-19(14)21(27)25-12-20(28-13-22(25,3)4)16-6-5-7-17(23)10-16/h5-11,20H,12-13H2,1-4H3,(H,24,26). The van der Waals surface area contributed by atoms with Crippen molar-refractivity contribution < 1.29 is 18.7 Å². The van der Waals surface area contributed by atoms with E-state index < -0.39 is 11.6 Å². The number of carbonyl (C=O) groups is 2. The van der Waals surface area contributed by atoms with Crippen molar-refractivity contribution in [3.05, 3.63) is 65.0 Å². The number of morpholine rings is 1. The Morgan fingerprint density at radius 1 is 1.21 bits per heavy atom. The van der Waals surface area contributed by atoms with Gasteiger partial charge >= 0.3 is 0 Å². The van der Waals surface area contributed by atoms with E-state index in [1.165, 1.54) is 19.1 Å². The Morgan fingerprint density at radius 3 is 2.64 bits per heavy atom. The normalized spacial score (nSPS) is 18.6. The lowest BCUT2D eigenvalue weighted by molar-refractivity contribution is -0.114. The van der Waals surface area contributed by atoms with Crippen molar-refractivity contribution in [3.8, 4) is 0 Å². The fraction of sp³-hybridized carbons (Fsp3) is 0.364. The molecule has 1 N–H and O–H groups in total. The van der Waals surface area contributed by atoms with Crippen molar-refractivity contribution in [1.82, 2.24) is 4.90 Å². The third kappa shape index (κ3) is 4.22. The quantitative estimate of drug-likeness (QED) is 0.867. The van der Waals surface area contributed by atoms with Crippen molar-refractivity contribution in [1.29, 1.82) is 0 Å². The Kier molecular flexibility index (Phi) is 5.52. The number of amides is 2. The van der Waals surface area contributed by atoms with E-state index in [0.717, 1.165) is 5.56 Å². The summed E-state index contributed by atoms with van der Waals surface area (Å²) >= 11 is 0. The molecule has 2 aromatic rings. The maximum absolute atomic E-state index is 13.6. The van der Waals surface area contributed by atoms with E-state index in [0.29, 0.717) is 30.0 Å². The highest BCUT2D eigenvalue weighted by Crippen LogP contribution is 2.32. The molecule has 1 heterocycles. The minimum absolute atomic E-state index is 0.139. The van der Waals surface area contributed by atoms with Crippen molar-refractivity contribution in [2.24, 2.45) is 0 Å². The first kappa shape index (κ1) is 20.0. The first-order valence-electron chi connectivity index (χ1n) is 9.24. The molecule has 6 heteroatoms. The number of rotatable bonds is 3. The van der Waals surface area contributed by atoms with E-state index in [1.54, 1.807) is 29.2 Å². The summed E-state index contributed by atoms with van der Waals surface area (Å²) in [4.78, 5) is 26.5. The van der Waals surface area contributed by atoms with Gasteiger partial charge in [-0.2, -0.15) is 0 Å². The maximum atomic E-state index is 13.6. The molecular formula is C22H25FN2O3. The smallest absolute Gasteiger partial charge is 0.254 e. The summed E-state index contributed by atoms with van der Waals surface area (Å²) in [7, 11) is 0. The van der Waals surface area contributed by atoms with Crippen molar-refractivity contribution in [2.75, 3.05) is 18.5 Å². The lowest BCUT2D eigenvalue weighted by Crippen LogP contribution is -2.56. The second kappa shape index (κ2) is 7.72. The van der Waals surface area contributed by atoms with Crippen molar-refractivity contribution in [3.63, 3.8) is 0 Å². The Bertz CT molecular complexity index is 910. The summed E-state index contributed by atoms with van der Waals surface area (Å²) in [5.41, 5.74) is 2.12. The van der Waals surface area contributed by atoms with Crippen LogP contribution in [0.4, 0.5) is 10.1 Å². The lowest BCUT2D eigenvalue weighted by atomic mass is 9.95. The number of nitrogens with one attached hydrogen (secondary N) is 1. The zero-order valence-corrected chi connectivity index (χ0v) is 16.6. The molecule has 1 aliphatic heterocycles. The van der Waals surface area contributed by atoms with Crippen LogP contribution in [-0.4, -0.2) is 35.4 Å². The van der Waals surface area contributed by atoms with Crippen LogP contribution in [-0.2, 0) is 9.53 Å². The number of hydrogen-bond donors (Lipinski definition) is 1. The van der Waals surface area contributed by atoms with Gasteiger partial charge < -0.3 is 15.0 Å². The fourth-order valence-corrected chi connectivity index (χ4v) is 3.39. The minimum Gasteiger partial charge on any atom is -0.369 e. The topological polar surface area (TPSA) is 58.6 Å². The number of nitrogens with zero attached hydrogens (tertiary/aromatic N) is 1. The van der Waals surface area contributed by atoms with Crippen LogP contribution in [0.2, 0.25) is 0 Å². The number of aryl methyl sites for hydroxylation is 1. The predicted octanol–water partition coefficient (Wildman–Crippen LogP) is 4.08. The molecule has 3 rings (SSSR count). The third-order valence-electron chi connectivity index (χ3n) is 4.97. The monoisotopic (exact) mass is 384 g/mol. The van der Waals surface area contributed by atoms with Crippen LogP contribution < -0.4 is 5.32 Å². The molecule has 148 valence electrons. The molecule has 0 radical (unpaired) electrons. The first-order valence-corrected chi connectivity index (χ1v) is 9.24. The lowest BCUT2D eigenvalue weighted by Gasteiger charge is -2.45. The van der Waals surface area contributed by atoms with Gasteiger partial charge in [-0.3, -0.25) is 9.59 Å². The zero-order valence-electron chi connectivity index (χ0n) is 16.6. The summed E-state index contributed by atoms with van der Waals surface area (Å²) in [5, 5.41) is 2.72. The molecule has 1 unspecified atom stereocenters. The Balaban J connectivity index is 1.91. The molecule has 2 aromatic carbocycles. The van der Waals surface area contributed by atoms with E-state index in [1.807, 2.05) is 26.8 Å². The van der Waals surface area contributed by atoms with Crippen LogP contribution >= 0.6 is 0 Å². The van der Waals surface area contributed by atoms with Gasteiger partial charge in [-0.05, 0) is 56.2 Å². The van der Waals surface area contributed by atoms with Crippen LogP contribution in [0.3, 0.4) is 0 Å². The molecule has 28 heavy (non-hydrogen) atoms. The Hall–Kier alpha value is -2.73. The van der Waals surface area contributed by atoms with Gasteiger partial charge in [-0.15, -0.1) is 0 Å². The molecule has 1 atom stereocenters. The Labute approximate surface area is 164 Å². The number of ether oxygens (including phenoxy) is 1. The van der Waals surface area contributed by atoms with Crippen LogP contribution in [0.15, 0.2) is 42.5 Å². The summed E-state index contributed by atoms with van der Waals surface area (Å²) in [6.07, 6.45) is -0.397. The van der Waals surface area contributed by atoms with Crippen LogP contribution in [0.25, 0.3) is 0 Å². The molecule has 0 spiro atoms. The van der Waals surface area contributed by atoms with Crippen LogP contribution in [0.1, 0.15) is 48.4 Å². The molecule has 0 aromatic heterocycles. The molecule has 0 aliphatic carbocycles. The molecule has 5 nitrogen and oxygen atoms in total. The van der Waals surface area contributed by atoms with Gasteiger partial charge in [-0.1, -0.05) is 18.2 Å². The summed E-state index contributed by atoms with van der Waals surface area (Å²) in [6.45, 7) is 7.83. The molecular weight excluding hydrogens is 359 g/mol. The summed E-state index contributed by atoms with van der Waals surface area (Å²) in [5.74, 6) is -0.665. The fourth-order valence-electron chi connectivity index (χ4n) is 3.39. The average molecular weight is 384 g/mol. The predicted molar refractivity (Wildman–Crippen MR) is 106 cm³/mol. The number of hydrogen-bond acceptors (Lipinski definition) is 3. The molecule has 0 saturated carbocycles. The van der Waals surface area contributed by atoms with Gasteiger partial charge in [0.05, 0.1) is 18.7 Å². The first-order chi connectivity index (χ1) is 13.2. The molecule has 1 saturated heterocycles. The van der Waals surface area contributed by atoms with Gasteiger partial charge in [0.15, 0.2) is 0 Å². The van der Waals surface area contributed by atoms with Gasteiger partial charge in [0, 0.05) is 18.2 Å². The van der Waals surface area contributed by atoms with Gasteiger partial charge in [0.25, 0.3) is 5.91 Å². The molecule has 2 amide bonds. The highest BCUT2D eigenvalue weighted by molar-refractivity contribution is 5.98. The van der Waals surface area contributed by atoms with E-state index in [-0.39, 0.29) is 17.6 Å². The summed E-state index contributed by atoms with van der Waals surface area (Å²) < 4.78 is 19.6. The van der Waals surface area contributed by atoms with E-state index in [2.05, 4.69) is 5.32 Å². The zero-order chi connectivity index (χ0) is 20.5. The second-order valence-electron chi connectivity index (χ2n) is 7.79. The van der Waals surface area contributed by atoms with E-state index >= 15 is 0 Å². The van der Waals surface area contributed by atoms with Gasteiger partial charge in [0.2, 0.25) is 5.91 Å². The molecule has 1 aliphatic rings. The maximum Gasteiger partial charge on any atom is 0.254 e. The SMILES string of the molecule is CC(=O)Nc1ccc(C)c(C(=O)N2CC(c3cccc(F)c3)OCC2(C)C)c1. The van der Waals surface area contributed by atoms with Crippen LogP contribution in [0, 0.1) is 12.7 Å². The van der Waals surface area contributed by atoms with Gasteiger partial charge in [-0.25, -0.2) is 4.39 Å².